The molecule has 1 aromatic heterocycles. The molecule has 1 amide bonds. The third-order valence-electron chi connectivity index (χ3n) is 5.99. The molecule has 3 fully saturated rings. The number of nitrogens with zero attached hydrogens (tertiary/aromatic N) is 2. The zero-order chi connectivity index (χ0) is 16.5. The van der Waals surface area contributed by atoms with Gasteiger partial charge in [-0.05, 0) is 43.9 Å². The van der Waals surface area contributed by atoms with E-state index in [-0.39, 0.29) is 5.91 Å². The fraction of sp³-hybridized carbons (Fsp3) is 0.778. The highest BCUT2D eigenvalue weighted by molar-refractivity contribution is 7.13. The second kappa shape index (κ2) is 7.00. The Bertz CT molecular complexity index is 579. The molecule has 24 heavy (non-hydrogen) atoms. The average Bonchev–Trinajstić information content (AvgIpc) is 2.98. The van der Waals surface area contributed by atoms with Crippen LogP contribution in [0.15, 0.2) is 5.38 Å². The second-order valence-electron chi connectivity index (χ2n) is 7.74. The number of thiazole rings is 1. The minimum absolute atomic E-state index is 0.172. The topological polar surface area (TPSA) is 71.2 Å². The molecule has 0 bridgehead atoms. The van der Waals surface area contributed by atoms with Crippen LogP contribution in [0.25, 0.3) is 0 Å². The van der Waals surface area contributed by atoms with Gasteiger partial charge in [0.2, 0.25) is 5.91 Å². The summed E-state index contributed by atoms with van der Waals surface area (Å²) in [5.41, 5.74) is 6.59. The number of likely N-dealkylation sites (tertiary alicyclic amines) is 1. The van der Waals surface area contributed by atoms with Gasteiger partial charge in [-0.3, -0.25) is 9.69 Å². The quantitative estimate of drug-likeness (QED) is 0.828. The lowest BCUT2D eigenvalue weighted by Gasteiger charge is -2.23. The molecule has 2 aliphatic carbocycles. The minimum atomic E-state index is 0.172. The van der Waals surface area contributed by atoms with E-state index < -0.39 is 0 Å². The molecular formula is C18H28N4OS. The lowest BCUT2D eigenvalue weighted by atomic mass is 9.98. The molecule has 5 nitrogen and oxygen atoms in total. The molecule has 6 heteroatoms. The first-order valence-corrected chi connectivity index (χ1v) is 10.3. The summed E-state index contributed by atoms with van der Waals surface area (Å²) in [6.45, 7) is 2.25. The summed E-state index contributed by atoms with van der Waals surface area (Å²) in [6.07, 6.45) is 9.37. The summed E-state index contributed by atoms with van der Waals surface area (Å²) >= 11 is 1.44. The highest BCUT2D eigenvalue weighted by atomic mass is 32.1. The van der Waals surface area contributed by atoms with Gasteiger partial charge in [-0.15, -0.1) is 11.3 Å². The van der Waals surface area contributed by atoms with Crippen LogP contribution in [0.2, 0.25) is 0 Å². The Morgan fingerprint density at radius 2 is 2.08 bits per heavy atom. The number of aromatic nitrogens is 1. The van der Waals surface area contributed by atoms with E-state index in [0.717, 1.165) is 24.2 Å². The van der Waals surface area contributed by atoms with Crippen LogP contribution in [0.1, 0.15) is 50.6 Å². The number of rotatable bonds is 6. The zero-order valence-corrected chi connectivity index (χ0v) is 15.1. The lowest BCUT2D eigenvalue weighted by Crippen LogP contribution is -2.42. The minimum Gasteiger partial charge on any atom is -0.375 e. The number of nitrogens with two attached hydrogens (primary N) is 1. The molecule has 3 N–H and O–H groups in total. The number of carbonyl (C=O) groups is 1. The van der Waals surface area contributed by atoms with E-state index in [4.69, 9.17) is 5.73 Å². The Labute approximate surface area is 148 Å². The van der Waals surface area contributed by atoms with Crippen LogP contribution in [0.4, 0.5) is 5.13 Å². The van der Waals surface area contributed by atoms with E-state index in [0.29, 0.717) is 29.9 Å². The number of amides is 1. The van der Waals surface area contributed by atoms with Crippen LogP contribution in [-0.4, -0.2) is 41.0 Å². The number of aryl methyl sites for hydroxylation is 1. The molecule has 4 rings (SSSR count). The Balaban J connectivity index is 1.30. The van der Waals surface area contributed by atoms with Crippen molar-refractivity contribution in [3.8, 4) is 0 Å². The van der Waals surface area contributed by atoms with Gasteiger partial charge in [0.15, 0.2) is 5.13 Å². The van der Waals surface area contributed by atoms with Crippen molar-refractivity contribution in [1.29, 1.82) is 0 Å². The van der Waals surface area contributed by atoms with Gasteiger partial charge in [-0.1, -0.05) is 12.8 Å². The maximum Gasteiger partial charge on any atom is 0.220 e. The van der Waals surface area contributed by atoms with Gasteiger partial charge in [0.05, 0.1) is 5.69 Å². The molecule has 1 saturated heterocycles. The number of carbonyl (C=O) groups excluding carboxylic acids is 1. The van der Waals surface area contributed by atoms with Gasteiger partial charge in [0.1, 0.15) is 0 Å². The van der Waals surface area contributed by atoms with Crippen LogP contribution in [-0.2, 0) is 11.2 Å². The summed E-state index contributed by atoms with van der Waals surface area (Å²) in [7, 11) is 0. The van der Waals surface area contributed by atoms with E-state index in [1.54, 1.807) is 0 Å². The van der Waals surface area contributed by atoms with Crippen molar-refractivity contribution in [2.75, 3.05) is 18.8 Å². The monoisotopic (exact) mass is 348 g/mol. The van der Waals surface area contributed by atoms with E-state index in [9.17, 15) is 4.79 Å². The van der Waals surface area contributed by atoms with Crippen molar-refractivity contribution in [3.05, 3.63) is 11.1 Å². The molecule has 0 aromatic carbocycles. The lowest BCUT2D eigenvalue weighted by molar-refractivity contribution is -0.122. The maximum absolute atomic E-state index is 12.4. The third kappa shape index (κ3) is 3.75. The van der Waals surface area contributed by atoms with Crippen molar-refractivity contribution >= 4 is 22.4 Å². The number of nitrogens with one attached hydrogen (secondary N) is 1. The van der Waals surface area contributed by atoms with Crippen LogP contribution < -0.4 is 11.1 Å². The summed E-state index contributed by atoms with van der Waals surface area (Å²) in [4.78, 5) is 19.3. The van der Waals surface area contributed by atoms with Crippen molar-refractivity contribution in [2.24, 2.45) is 11.8 Å². The van der Waals surface area contributed by atoms with Crippen molar-refractivity contribution < 1.29 is 4.79 Å². The molecule has 3 aliphatic rings. The van der Waals surface area contributed by atoms with Gasteiger partial charge in [0.25, 0.3) is 0 Å². The summed E-state index contributed by atoms with van der Waals surface area (Å²) in [6, 6.07) is 1.12. The van der Waals surface area contributed by atoms with Gasteiger partial charge in [-0.25, -0.2) is 4.98 Å². The van der Waals surface area contributed by atoms with Crippen LogP contribution in [0.5, 0.6) is 0 Å². The predicted octanol–water partition coefficient (Wildman–Crippen LogP) is 2.43. The number of hydrogen-bond donors (Lipinski definition) is 2. The normalized spacial score (nSPS) is 28.5. The van der Waals surface area contributed by atoms with E-state index in [1.807, 2.05) is 5.38 Å². The molecule has 0 unspecified atom stereocenters. The predicted molar refractivity (Wildman–Crippen MR) is 96.8 cm³/mol. The standard InChI is InChI=1S/C18H28N4OS/c19-18-20-13(11-24-18)7-8-17(23)21-16-10-22(14-3-1-2-4-14)9-15(16)12-5-6-12/h11-12,14-16H,1-10H2,(H2,19,20)(H,21,23)/t15-,16+/m0/s1. The van der Waals surface area contributed by atoms with Crippen LogP contribution in [0.3, 0.4) is 0 Å². The zero-order valence-electron chi connectivity index (χ0n) is 14.2. The molecule has 1 aromatic rings. The van der Waals surface area contributed by atoms with Crippen molar-refractivity contribution in [2.45, 2.75) is 63.5 Å². The van der Waals surface area contributed by atoms with Gasteiger partial charge < -0.3 is 11.1 Å². The maximum atomic E-state index is 12.4. The smallest absolute Gasteiger partial charge is 0.220 e. The SMILES string of the molecule is Nc1nc(CCC(=O)N[C@@H]2CN(C3CCCC3)C[C@H]2C2CC2)cs1. The van der Waals surface area contributed by atoms with E-state index >= 15 is 0 Å². The average molecular weight is 349 g/mol. The molecule has 2 atom stereocenters. The Morgan fingerprint density at radius 3 is 2.75 bits per heavy atom. The fourth-order valence-corrected chi connectivity index (χ4v) is 5.14. The van der Waals surface area contributed by atoms with Crippen molar-refractivity contribution in [1.82, 2.24) is 15.2 Å². The largest absolute Gasteiger partial charge is 0.375 e. The van der Waals surface area contributed by atoms with Gasteiger partial charge in [-0.2, -0.15) is 0 Å². The molecule has 132 valence electrons. The Kier molecular flexibility index (Phi) is 4.77. The Hall–Kier alpha value is -1.14. The molecule has 0 radical (unpaired) electrons. The van der Waals surface area contributed by atoms with Crippen LogP contribution >= 0.6 is 11.3 Å². The summed E-state index contributed by atoms with van der Waals surface area (Å²) < 4.78 is 0. The first-order chi connectivity index (χ1) is 11.7. The molecular weight excluding hydrogens is 320 g/mol. The van der Waals surface area contributed by atoms with Gasteiger partial charge in [0, 0.05) is 37.0 Å². The van der Waals surface area contributed by atoms with Crippen molar-refractivity contribution in [3.63, 3.8) is 0 Å². The molecule has 1 aliphatic heterocycles. The van der Waals surface area contributed by atoms with Gasteiger partial charge >= 0.3 is 0 Å². The first kappa shape index (κ1) is 16.3. The van der Waals surface area contributed by atoms with E-state index in [2.05, 4.69) is 15.2 Å². The first-order valence-electron chi connectivity index (χ1n) is 9.42. The summed E-state index contributed by atoms with van der Waals surface area (Å²) in [5, 5.41) is 5.88. The third-order valence-corrected chi connectivity index (χ3v) is 6.71. The fourth-order valence-electron chi connectivity index (χ4n) is 4.54. The van der Waals surface area contributed by atoms with E-state index in [1.165, 1.54) is 56.4 Å². The molecule has 0 spiro atoms. The second-order valence-corrected chi connectivity index (χ2v) is 8.63. The number of hydrogen-bond acceptors (Lipinski definition) is 5. The molecule has 2 saturated carbocycles. The highest BCUT2D eigenvalue weighted by Gasteiger charge is 2.44. The molecule has 2 heterocycles. The summed E-state index contributed by atoms with van der Waals surface area (Å²) in [5.74, 6) is 1.69. The number of anilines is 1. The highest BCUT2D eigenvalue weighted by Crippen LogP contribution is 2.42. The van der Waals surface area contributed by atoms with Crippen LogP contribution in [0, 0.1) is 11.8 Å². The number of nitrogen functional groups attached to an aromatic ring is 1. The Morgan fingerprint density at radius 1 is 1.29 bits per heavy atom.